The third-order valence-corrected chi connectivity index (χ3v) is 9.44. The van der Waals surface area contributed by atoms with E-state index in [1.165, 1.54) is 38.8 Å². The number of hydrogen-bond donors (Lipinski definition) is 3. The number of anilines is 1. The molecular formula is C36H46N4O4. The first-order chi connectivity index (χ1) is 21.6. The standard InChI is InChI=1S/C36H46N4O4/c1-26-33(24-40-21-7-10-32(40)23-39-19-5-6-20-39)43-35(44-34(26)29-13-11-28(25-41)12-14-29)30-15-17-31(18-16-30)38-36(42)37-22-27-8-3-2-4-9-27/h2-4,8-9,11-18,26,32-35,41H,5-7,10,19-25H2,1H3,(H2,37,38,42)/t26-,32-,33+,34+,35+/m0/s1. The van der Waals surface area contributed by atoms with Gasteiger partial charge in [-0.2, -0.15) is 0 Å². The van der Waals surface area contributed by atoms with Crippen molar-refractivity contribution in [2.45, 2.75) is 70.3 Å². The Kier molecular flexibility index (Phi) is 10.3. The number of aliphatic hydroxyl groups is 1. The minimum atomic E-state index is -0.528. The van der Waals surface area contributed by atoms with E-state index in [2.05, 4.69) is 39.5 Å². The molecule has 3 aliphatic rings. The molecule has 234 valence electrons. The number of nitrogens with zero attached hydrogens (tertiary/aromatic N) is 2. The normalized spacial score (nSPS) is 26.1. The Bertz CT molecular complexity index is 1330. The van der Waals surface area contributed by atoms with Crippen LogP contribution in [0.5, 0.6) is 0 Å². The van der Waals surface area contributed by atoms with Gasteiger partial charge < -0.3 is 30.1 Å². The predicted molar refractivity (Wildman–Crippen MR) is 172 cm³/mol. The van der Waals surface area contributed by atoms with Gasteiger partial charge >= 0.3 is 6.03 Å². The van der Waals surface area contributed by atoms with Crippen LogP contribution in [0.2, 0.25) is 0 Å². The van der Waals surface area contributed by atoms with E-state index in [1.54, 1.807) is 0 Å². The number of rotatable bonds is 10. The Labute approximate surface area is 261 Å². The summed E-state index contributed by atoms with van der Waals surface area (Å²) in [6.07, 6.45) is 4.44. The zero-order valence-electron chi connectivity index (χ0n) is 25.7. The number of benzene rings is 3. The van der Waals surface area contributed by atoms with E-state index in [0.717, 1.165) is 41.9 Å². The molecule has 6 rings (SSSR count). The first kappa shape index (κ1) is 30.7. The van der Waals surface area contributed by atoms with Gasteiger partial charge in [-0.3, -0.25) is 4.90 Å². The van der Waals surface area contributed by atoms with Gasteiger partial charge in [0.05, 0.1) is 18.8 Å². The molecule has 3 saturated heterocycles. The Hall–Kier alpha value is -3.27. The molecule has 0 bridgehead atoms. The van der Waals surface area contributed by atoms with E-state index in [0.29, 0.717) is 18.3 Å². The van der Waals surface area contributed by atoms with Crippen LogP contribution >= 0.6 is 0 Å². The van der Waals surface area contributed by atoms with Crippen LogP contribution in [0.4, 0.5) is 10.5 Å². The number of aliphatic hydroxyl groups excluding tert-OH is 1. The van der Waals surface area contributed by atoms with E-state index >= 15 is 0 Å². The van der Waals surface area contributed by atoms with Crippen molar-refractivity contribution in [3.63, 3.8) is 0 Å². The van der Waals surface area contributed by atoms with Crippen LogP contribution in [0.15, 0.2) is 78.9 Å². The zero-order chi connectivity index (χ0) is 30.3. The number of urea groups is 1. The highest BCUT2D eigenvalue weighted by molar-refractivity contribution is 5.89. The topological polar surface area (TPSA) is 86.3 Å². The average Bonchev–Trinajstić information content (AvgIpc) is 3.74. The summed E-state index contributed by atoms with van der Waals surface area (Å²) >= 11 is 0. The number of likely N-dealkylation sites (tertiary alicyclic amines) is 2. The fourth-order valence-electron chi connectivity index (χ4n) is 6.84. The van der Waals surface area contributed by atoms with Crippen LogP contribution in [0.1, 0.15) is 67.3 Å². The van der Waals surface area contributed by atoms with Crippen molar-refractivity contribution >= 4 is 11.7 Å². The molecule has 2 amide bonds. The molecule has 3 N–H and O–H groups in total. The lowest BCUT2D eigenvalue weighted by Gasteiger charge is -2.43. The van der Waals surface area contributed by atoms with Gasteiger partial charge in [-0.05, 0) is 74.1 Å². The third kappa shape index (κ3) is 7.68. The number of hydrogen-bond acceptors (Lipinski definition) is 6. The largest absolute Gasteiger partial charge is 0.392 e. The second-order valence-electron chi connectivity index (χ2n) is 12.5. The molecule has 8 heteroatoms. The van der Waals surface area contributed by atoms with Gasteiger partial charge in [0.15, 0.2) is 6.29 Å². The van der Waals surface area contributed by atoms with Crippen LogP contribution in [-0.4, -0.2) is 65.8 Å². The highest BCUT2D eigenvalue weighted by Gasteiger charge is 2.40. The fourth-order valence-corrected chi connectivity index (χ4v) is 6.84. The molecule has 3 aromatic carbocycles. The maximum atomic E-state index is 12.5. The lowest BCUT2D eigenvalue weighted by Crippen LogP contribution is -2.48. The van der Waals surface area contributed by atoms with E-state index in [-0.39, 0.29) is 30.8 Å². The van der Waals surface area contributed by atoms with Crippen LogP contribution in [-0.2, 0) is 22.6 Å². The van der Waals surface area contributed by atoms with Crippen LogP contribution < -0.4 is 10.6 Å². The van der Waals surface area contributed by atoms with Crippen LogP contribution in [0.25, 0.3) is 0 Å². The summed E-state index contributed by atoms with van der Waals surface area (Å²) in [6.45, 7) is 8.31. The minimum Gasteiger partial charge on any atom is -0.392 e. The van der Waals surface area contributed by atoms with E-state index < -0.39 is 6.29 Å². The lowest BCUT2D eigenvalue weighted by atomic mass is 9.90. The summed E-state index contributed by atoms with van der Waals surface area (Å²) in [4.78, 5) is 17.8. The minimum absolute atomic E-state index is 0.00277. The molecule has 5 atom stereocenters. The Balaban J connectivity index is 1.14. The number of carbonyl (C=O) groups excluding carboxylic acids is 1. The van der Waals surface area contributed by atoms with Gasteiger partial charge in [0.1, 0.15) is 0 Å². The molecule has 3 fully saturated rings. The van der Waals surface area contributed by atoms with E-state index in [1.807, 2.05) is 66.7 Å². The van der Waals surface area contributed by atoms with E-state index in [9.17, 15) is 9.90 Å². The van der Waals surface area contributed by atoms with Gasteiger partial charge in [-0.25, -0.2) is 4.79 Å². The van der Waals surface area contributed by atoms with Gasteiger partial charge in [-0.1, -0.05) is 73.7 Å². The molecular weight excluding hydrogens is 552 g/mol. The SMILES string of the molecule is C[C@H]1[C@@H](CN2CCC[C@H]2CN2CCCC2)O[C@@H](c2ccc(NC(=O)NCc3ccccc3)cc2)O[C@H]1c1ccc(CO)cc1. The Morgan fingerprint density at radius 2 is 1.57 bits per heavy atom. The Morgan fingerprint density at radius 1 is 0.841 bits per heavy atom. The average molecular weight is 599 g/mol. The van der Waals surface area contributed by atoms with Crippen molar-refractivity contribution in [3.8, 4) is 0 Å². The molecule has 0 saturated carbocycles. The number of amides is 2. The Morgan fingerprint density at radius 3 is 2.30 bits per heavy atom. The maximum Gasteiger partial charge on any atom is 0.319 e. The molecule has 3 heterocycles. The van der Waals surface area contributed by atoms with Crippen molar-refractivity contribution in [3.05, 3.63) is 101 Å². The molecule has 0 unspecified atom stereocenters. The summed E-state index contributed by atoms with van der Waals surface area (Å²) in [5, 5.41) is 15.4. The summed E-state index contributed by atoms with van der Waals surface area (Å²) in [7, 11) is 0. The molecule has 44 heavy (non-hydrogen) atoms. The molecule has 0 radical (unpaired) electrons. The second kappa shape index (κ2) is 14.7. The number of carbonyl (C=O) groups is 1. The molecule has 0 aromatic heterocycles. The molecule has 3 aromatic rings. The first-order valence-electron chi connectivity index (χ1n) is 16.2. The smallest absolute Gasteiger partial charge is 0.319 e. The van der Waals surface area contributed by atoms with Gasteiger partial charge in [-0.15, -0.1) is 0 Å². The van der Waals surface area contributed by atoms with E-state index in [4.69, 9.17) is 9.47 Å². The molecule has 0 spiro atoms. The van der Waals surface area contributed by atoms with Crippen LogP contribution in [0.3, 0.4) is 0 Å². The van der Waals surface area contributed by atoms with Crippen molar-refractivity contribution in [2.24, 2.45) is 5.92 Å². The number of ether oxygens (including phenoxy) is 2. The number of nitrogens with one attached hydrogen (secondary N) is 2. The third-order valence-electron chi connectivity index (χ3n) is 9.44. The highest BCUT2D eigenvalue weighted by Crippen LogP contribution is 2.42. The van der Waals surface area contributed by atoms with Crippen LogP contribution in [0, 0.1) is 5.92 Å². The molecule has 8 nitrogen and oxygen atoms in total. The highest BCUT2D eigenvalue weighted by atomic mass is 16.7. The monoisotopic (exact) mass is 598 g/mol. The first-order valence-corrected chi connectivity index (χ1v) is 16.2. The summed E-state index contributed by atoms with van der Waals surface area (Å²) in [6, 6.07) is 26.0. The van der Waals surface area contributed by atoms with Crippen molar-refractivity contribution in [2.75, 3.05) is 38.0 Å². The summed E-state index contributed by atoms with van der Waals surface area (Å²) < 4.78 is 13.4. The van der Waals surface area contributed by atoms with Gasteiger partial charge in [0.25, 0.3) is 0 Å². The van der Waals surface area contributed by atoms with Crippen molar-refractivity contribution in [1.29, 1.82) is 0 Å². The zero-order valence-corrected chi connectivity index (χ0v) is 25.7. The quantitative estimate of drug-likeness (QED) is 0.271. The van der Waals surface area contributed by atoms with Crippen molar-refractivity contribution < 1.29 is 19.4 Å². The summed E-state index contributed by atoms with van der Waals surface area (Å²) in [5.41, 5.74) is 4.66. The lowest BCUT2D eigenvalue weighted by molar-refractivity contribution is -0.276. The van der Waals surface area contributed by atoms with Gasteiger partial charge in [0, 0.05) is 42.8 Å². The maximum absolute atomic E-state index is 12.5. The molecule has 0 aliphatic carbocycles. The second-order valence-corrected chi connectivity index (χ2v) is 12.5. The van der Waals surface area contributed by atoms with Crippen molar-refractivity contribution in [1.82, 2.24) is 15.1 Å². The predicted octanol–water partition coefficient (Wildman–Crippen LogP) is 5.85. The van der Waals surface area contributed by atoms with Gasteiger partial charge in [0.2, 0.25) is 0 Å². The summed E-state index contributed by atoms with van der Waals surface area (Å²) in [5.74, 6) is 0.147. The molecule has 3 aliphatic heterocycles. The fraction of sp³-hybridized carbons (Fsp3) is 0.472.